The second-order valence-corrected chi connectivity index (χ2v) is 5.71. The third-order valence-electron chi connectivity index (χ3n) is 4.61. The standard InChI is InChI=1S/C16H18O4/c17-9-13-12(14-7-8-15(13)20-14)6-3-10-1-4-11(5-2-10)16(18)19/h1-2,4-5,9,12-15H,3,6-8H2,(H,18,19)/t12-,13+,14?,15+/m1/s1. The van der Waals surface area contributed by atoms with E-state index in [1.165, 1.54) is 0 Å². The Balaban J connectivity index is 1.61. The summed E-state index contributed by atoms with van der Waals surface area (Å²) in [4.78, 5) is 22.0. The van der Waals surface area contributed by atoms with E-state index in [1.54, 1.807) is 12.1 Å². The summed E-state index contributed by atoms with van der Waals surface area (Å²) in [5.74, 6) is -0.531. The van der Waals surface area contributed by atoms with Crippen LogP contribution >= 0.6 is 0 Å². The Hall–Kier alpha value is -1.68. The quantitative estimate of drug-likeness (QED) is 0.837. The molecule has 2 saturated heterocycles. The number of rotatable bonds is 5. The molecule has 0 radical (unpaired) electrons. The van der Waals surface area contributed by atoms with Crippen molar-refractivity contribution in [3.05, 3.63) is 35.4 Å². The highest BCUT2D eigenvalue weighted by Gasteiger charge is 2.48. The zero-order valence-corrected chi connectivity index (χ0v) is 11.2. The Morgan fingerprint density at radius 3 is 2.60 bits per heavy atom. The molecule has 4 atom stereocenters. The first-order valence-corrected chi connectivity index (χ1v) is 7.12. The molecule has 1 aromatic carbocycles. The highest BCUT2D eigenvalue weighted by Crippen LogP contribution is 2.44. The number of aldehydes is 1. The maximum absolute atomic E-state index is 11.2. The van der Waals surface area contributed by atoms with E-state index >= 15 is 0 Å². The molecule has 0 aliphatic carbocycles. The monoisotopic (exact) mass is 274 g/mol. The van der Waals surface area contributed by atoms with E-state index < -0.39 is 5.97 Å². The Kier molecular flexibility index (Phi) is 3.57. The lowest BCUT2D eigenvalue weighted by molar-refractivity contribution is -0.113. The minimum Gasteiger partial charge on any atom is -0.478 e. The maximum Gasteiger partial charge on any atom is 0.335 e. The number of hydrogen-bond acceptors (Lipinski definition) is 3. The third-order valence-corrected chi connectivity index (χ3v) is 4.61. The molecule has 2 aliphatic heterocycles. The summed E-state index contributed by atoms with van der Waals surface area (Å²) in [7, 11) is 0. The number of aryl methyl sites for hydroxylation is 1. The van der Waals surface area contributed by atoms with E-state index in [0.29, 0.717) is 11.5 Å². The van der Waals surface area contributed by atoms with Crippen LogP contribution in [0.3, 0.4) is 0 Å². The first-order chi connectivity index (χ1) is 9.69. The molecule has 106 valence electrons. The van der Waals surface area contributed by atoms with E-state index in [0.717, 1.165) is 37.5 Å². The highest BCUT2D eigenvalue weighted by atomic mass is 16.5. The molecular formula is C16H18O4. The molecule has 0 saturated carbocycles. The third kappa shape index (κ3) is 2.36. The topological polar surface area (TPSA) is 63.6 Å². The average molecular weight is 274 g/mol. The van der Waals surface area contributed by atoms with Crippen LogP contribution < -0.4 is 0 Å². The number of carbonyl (C=O) groups excluding carboxylic acids is 1. The molecule has 0 aromatic heterocycles. The van der Waals surface area contributed by atoms with Gasteiger partial charge in [-0.2, -0.15) is 0 Å². The molecule has 4 nitrogen and oxygen atoms in total. The molecule has 1 unspecified atom stereocenters. The minimum atomic E-state index is -0.904. The Labute approximate surface area is 117 Å². The molecule has 20 heavy (non-hydrogen) atoms. The molecule has 2 aliphatic rings. The maximum atomic E-state index is 11.2. The summed E-state index contributed by atoms with van der Waals surface area (Å²) in [5, 5.41) is 8.86. The van der Waals surface area contributed by atoms with Gasteiger partial charge in [0.1, 0.15) is 6.29 Å². The second-order valence-electron chi connectivity index (χ2n) is 5.71. The number of fused-ring (bicyclic) bond motifs is 2. The Morgan fingerprint density at radius 1 is 1.25 bits per heavy atom. The lowest BCUT2D eigenvalue weighted by Gasteiger charge is -2.23. The van der Waals surface area contributed by atoms with Crippen LogP contribution in [0.1, 0.15) is 35.2 Å². The minimum absolute atomic E-state index is 0.0482. The Morgan fingerprint density at radius 2 is 1.95 bits per heavy atom. The normalized spacial score (nSPS) is 31.4. The molecule has 2 bridgehead atoms. The molecular weight excluding hydrogens is 256 g/mol. The van der Waals surface area contributed by atoms with Crippen molar-refractivity contribution in [1.82, 2.24) is 0 Å². The summed E-state index contributed by atoms with van der Waals surface area (Å²) in [5.41, 5.74) is 1.42. The molecule has 1 N–H and O–H groups in total. The van der Waals surface area contributed by atoms with E-state index in [1.807, 2.05) is 12.1 Å². The van der Waals surface area contributed by atoms with Crippen LogP contribution in [0.2, 0.25) is 0 Å². The van der Waals surface area contributed by atoms with Gasteiger partial charge in [-0.15, -0.1) is 0 Å². The predicted octanol–water partition coefficient (Wildman–Crippen LogP) is 2.31. The largest absolute Gasteiger partial charge is 0.478 e. The molecule has 2 fully saturated rings. The van der Waals surface area contributed by atoms with Crippen LogP contribution in [0.4, 0.5) is 0 Å². The van der Waals surface area contributed by atoms with Crippen LogP contribution in [-0.2, 0) is 16.0 Å². The molecule has 3 rings (SSSR count). The number of carbonyl (C=O) groups is 2. The van der Waals surface area contributed by atoms with Crippen molar-refractivity contribution in [3.63, 3.8) is 0 Å². The van der Waals surface area contributed by atoms with Crippen LogP contribution in [0, 0.1) is 11.8 Å². The molecule has 2 heterocycles. The number of aromatic carboxylic acids is 1. The van der Waals surface area contributed by atoms with Crippen molar-refractivity contribution < 1.29 is 19.4 Å². The van der Waals surface area contributed by atoms with Crippen molar-refractivity contribution in [2.45, 2.75) is 37.9 Å². The van der Waals surface area contributed by atoms with E-state index in [9.17, 15) is 9.59 Å². The van der Waals surface area contributed by atoms with Gasteiger partial charge in [0.05, 0.1) is 17.8 Å². The zero-order chi connectivity index (χ0) is 14.1. The van der Waals surface area contributed by atoms with Gasteiger partial charge in [-0.3, -0.25) is 0 Å². The van der Waals surface area contributed by atoms with Gasteiger partial charge < -0.3 is 14.6 Å². The lowest BCUT2D eigenvalue weighted by atomic mass is 9.77. The van der Waals surface area contributed by atoms with Crippen molar-refractivity contribution in [2.75, 3.05) is 0 Å². The highest BCUT2D eigenvalue weighted by molar-refractivity contribution is 5.87. The SMILES string of the molecule is O=C[C@@H]1[C@@H]2CCC(O2)[C@@H]1CCc1ccc(C(=O)O)cc1. The van der Waals surface area contributed by atoms with E-state index in [4.69, 9.17) is 9.84 Å². The Bertz CT molecular complexity index is 508. The van der Waals surface area contributed by atoms with Gasteiger partial charge in [-0.1, -0.05) is 12.1 Å². The summed E-state index contributed by atoms with van der Waals surface area (Å²) >= 11 is 0. The number of hydrogen-bond donors (Lipinski definition) is 1. The second kappa shape index (κ2) is 5.37. The van der Waals surface area contributed by atoms with Gasteiger partial charge in [0.2, 0.25) is 0 Å². The number of carboxylic acid groups (broad SMARTS) is 1. The summed E-state index contributed by atoms with van der Waals surface area (Å²) in [6.07, 6.45) is 5.31. The smallest absolute Gasteiger partial charge is 0.335 e. The molecule has 4 heteroatoms. The summed E-state index contributed by atoms with van der Waals surface area (Å²) < 4.78 is 5.82. The van der Waals surface area contributed by atoms with Gasteiger partial charge in [-0.05, 0) is 49.3 Å². The van der Waals surface area contributed by atoms with Gasteiger partial charge in [0.25, 0.3) is 0 Å². The van der Waals surface area contributed by atoms with Gasteiger partial charge >= 0.3 is 5.97 Å². The fourth-order valence-electron chi connectivity index (χ4n) is 3.53. The zero-order valence-electron chi connectivity index (χ0n) is 11.2. The fourth-order valence-corrected chi connectivity index (χ4v) is 3.53. The van der Waals surface area contributed by atoms with Crippen LogP contribution in [0.15, 0.2) is 24.3 Å². The lowest BCUT2D eigenvalue weighted by Crippen LogP contribution is -2.28. The fraction of sp³-hybridized carbons (Fsp3) is 0.500. The van der Waals surface area contributed by atoms with Crippen LogP contribution in [0.25, 0.3) is 0 Å². The predicted molar refractivity (Wildman–Crippen MR) is 72.7 cm³/mol. The number of carboxylic acids is 1. The molecule has 0 spiro atoms. The van der Waals surface area contributed by atoms with Gasteiger partial charge in [0.15, 0.2) is 0 Å². The first-order valence-electron chi connectivity index (χ1n) is 7.12. The van der Waals surface area contributed by atoms with E-state index in [-0.39, 0.29) is 18.1 Å². The summed E-state index contributed by atoms with van der Waals surface area (Å²) in [6.45, 7) is 0. The summed E-state index contributed by atoms with van der Waals surface area (Å²) in [6, 6.07) is 6.97. The first kappa shape index (κ1) is 13.3. The van der Waals surface area contributed by atoms with Gasteiger partial charge in [0, 0.05) is 5.92 Å². The van der Waals surface area contributed by atoms with Crippen molar-refractivity contribution in [2.24, 2.45) is 11.8 Å². The molecule has 1 aromatic rings. The number of benzene rings is 1. The van der Waals surface area contributed by atoms with Crippen LogP contribution in [0.5, 0.6) is 0 Å². The average Bonchev–Trinajstić information content (AvgIpc) is 3.05. The molecule has 0 amide bonds. The van der Waals surface area contributed by atoms with Crippen molar-refractivity contribution >= 4 is 12.3 Å². The van der Waals surface area contributed by atoms with Crippen molar-refractivity contribution in [1.29, 1.82) is 0 Å². The van der Waals surface area contributed by atoms with Crippen LogP contribution in [-0.4, -0.2) is 29.6 Å². The van der Waals surface area contributed by atoms with E-state index in [2.05, 4.69) is 0 Å². The van der Waals surface area contributed by atoms with Crippen molar-refractivity contribution in [3.8, 4) is 0 Å². The van der Waals surface area contributed by atoms with Gasteiger partial charge in [-0.25, -0.2) is 4.79 Å². The number of ether oxygens (including phenoxy) is 1.